The third kappa shape index (κ3) is 3.90. The predicted molar refractivity (Wildman–Crippen MR) is 74.6 cm³/mol. The summed E-state index contributed by atoms with van der Waals surface area (Å²) in [6, 6.07) is 9.14. The number of aromatic nitrogens is 3. The average Bonchev–Trinajstić information content (AvgIpc) is 2.48. The highest BCUT2D eigenvalue weighted by Crippen LogP contribution is 2.14. The first-order chi connectivity index (χ1) is 9.81. The standard InChI is InChI=1S/C13H14N6O/c1-20-6-5-15-12-9-16-19-13(18-12)17-11-4-2-3-10(7-11)8-14/h2-4,7,9H,5-6H2,1H3,(H2,15,17,18,19). The minimum absolute atomic E-state index is 0.363. The van der Waals surface area contributed by atoms with E-state index >= 15 is 0 Å². The second-order valence-corrected chi connectivity index (χ2v) is 3.90. The van der Waals surface area contributed by atoms with Crippen LogP contribution in [0.5, 0.6) is 0 Å². The maximum Gasteiger partial charge on any atom is 0.249 e. The van der Waals surface area contributed by atoms with E-state index in [1.807, 2.05) is 6.07 Å². The summed E-state index contributed by atoms with van der Waals surface area (Å²) in [5.41, 5.74) is 1.30. The summed E-state index contributed by atoms with van der Waals surface area (Å²) in [5.74, 6) is 0.971. The molecule has 2 aromatic rings. The second kappa shape index (κ2) is 7.01. The minimum Gasteiger partial charge on any atom is -0.383 e. The first kappa shape index (κ1) is 13.7. The third-order valence-corrected chi connectivity index (χ3v) is 2.42. The van der Waals surface area contributed by atoms with Gasteiger partial charge in [0.1, 0.15) is 0 Å². The fourth-order valence-electron chi connectivity index (χ4n) is 1.52. The first-order valence-electron chi connectivity index (χ1n) is 6.01. The molecule has 0 aliphatic rings. The van der Waals surface area contributed by atoms with Gasteiger partial charge in [0.2, 0.25) is 5.95 Å². The Bertz CT molecular complexity index is 610. The van der Waals surface area contributed by atoms with Gasteiger partial charge in [-0.15, -0.1) is 5.10 Å². The molecule has 1 heterocycles. The van der Waals surface area contributed by atoms with Gasteiger partial charge in [-0.3, -0.25) is 0 Å². The fourth-order valence-corrected chi connectivity index (χ4v) is 1.52. The van der Waals surface area contributed by atoms with Crippen LogP contribution < -0.4 is 10.6 Å². The highest BCUT2D eigenvalue weighted by atomic mass is 16.5. The van der Waals surface area contributed by atoms with Crippen molar-refractivity contribution in [3.05, 3.63) is 36.0 Å². The van der Waals surface area contributed by atoms with Gasteiger partial charge in [0.15, 0.2) is 5.82 Å². The lowest BCUT2D eigenvalue weighted by molar-refractivity contribution is 0.210. The Morgan fingerprint density at radius 1 is 1.40 bits per heavy atom. The fraction of sp³-hybridized carbons (Fsp3) is 0.231. The molecule has 0 saturated carbocycles. The van der Waals surface area contributed by atoms with Crippen LogP contribution in [-0.4, -0.2) is 35.4 Å². The average molecular weight is 270 g/mol. The van der Waals surface area contributed by atoms with Crippen LogP contribution in [0.2, 0.25) is 0 Å². The van der Waals surface area contributed by atoms with E-state index in [-0.39, 0.29) is 0 Å². The van der Waals surface area contributed by atoms with Crippen LogP contribution in [0.3, 0.4) is 0 Å². The van der Waals surface area contributed by atoms with Crippen molar-refractivity contribution in [2.24, 2.45) is 0 Å². The summed E-state index contributed by atoms with van der Waals surface area (Å²) in [6.07, 6.45) is 1.53. The predicted octanol–water partition coefficient (Wildman–Crippen LogP) is 1.55. The van der Waals surface area contributed by atoms with Crippen LogP contribution in [-0.2, 0) is 4.74 Å². The third-order valence-electron chi connectivity index (χ3n) is 2.42. The van der Waals surface area contributed by atoms with Gasteiger partial charge in [-0.1, -0.05) is 6.07 Å². The molecule has 0 aliphatic heterocycles. The zero-order valence-corrected chi connectivity index (χ0v) is 11.0. The number of nitrogens with zero attached hydrogens (tertiary/aromatic N) is 4. The molecule has 0 aliphatic carbocycles. The van der Waals surface area contributed by atoms with Crippen molar-refractivity contribution in [2.75, 3.05) is 30.9 Å². The molecule has 0 saturated heterocycles. The molecule has 0 amide bonds. The van der Waals surface area contributed by atoms with E-state index < -0.39 is 0 Å². The number of rotatable bonds is 6. The molecular formula is C13H14N6O. The number of methoxy groups -OCH3 is 1. The largest absolute Gasteiger partial charge is 0.383 e. The molecule has 0 spiro atoms. The van der Waals surface area contributed by atoms with E-state index in [0.29, 0.717) is 30.5 Å². The monoisotopic (exact) mass is 270 g/mol. The molecule has 7 nitrogen and oxygen atoms in total. The summed E-state index contributed by atoms with van der Waals surface area (Å²) in [5, 5.41) is 22.7. The SMILES string of the molecule is COCCNc1cnnc(Nc2cccc(C#N)c2)n1. The Kier molecular flexibility index (Phi) is 4.81. The first-order valence-corrected chi connectivity index (χ1v) is 6.01. The lowest BCUT2D eigenvalue weighted by Crippen LogP contribution is -2.10. The van der Waals surface area contributed by atoms with Crippen molar-refractivity contribution in [3.8, 4) is 6.07 Å². The van der Waals surface area contributed by atoms with E-state index in [2.05, 4.69) is 31.9 Å². The molecule has 102 valence electrons. The van der Waals surface area contributed by atoms with E-state index in [0.717, 1.165) is 5.69 Å². The van der Waals surface area contributed by atoms with E-state index in [9.17, 15) is 0 Å². The highest BCUT2D eigenvalue weighted by Gasteiger charge is 2.01. The Balaban J connectivity index is 2.05. The lowest BCUT2D eigenvalue weighted by atomic mass is 10.2. The van der Waals surface area contributed by atoms with Gasteiger partial charge >= 0.3 is 0 Å². The number of hydrogen-bond donors (Lipinski definition) is 2. The number of benzene rings is 1. The molecular weight excluding hydrogens is 256 g/mol. The zero-order chi connectivity index (χ0) is 14.2. The molecule has 20 heavy (non-hydrogen) atoms. The van der Waals surface area contributed by atoms with Crippen LogP contribution in [0, 0.1) is 11.3 Å². The summed E-state index contributed by atoms with van der Waals surface area (Å²) in [6.45, 7) is 1.22. The van der Waals surface area contributed by atoms with Gasteiger partial charge in [0.05, 0.1) is 24.4 Å². The van der Waals surface area contributed by atoms with Gasteiger partial charge in [-0.2, -0.15) is 15.3 Å². The maximum absolute atomic E-state index is 8.85. The summed E-state index contributed by atoms with van der Waals surface area (Å²) in [4.78, 5) is 4.26. The Morgan fingerprint density at radius 3 is 3.10 bits per heavy atom. The molecule has 0 radical (unpaired) electrons. The van der Waals surface area contributed by atoms with Crippen LogP contribution in [0.15, 0.2) is 30.5 Å². The van der Waals surface area contributed by atoms with Crippen molar-refractivity contribution in [1.82, 2.24) is 15.2 Å². The van der Waals surface area contributed by atoms with E-state index in [4.69, 9.17) is 10.00 Å². The van der Waals surface area contributed by atoms with Crippen LogP contribution >= 0.6 is 0 Å². The molecule has 0 bridgehead atoms. The number of nitriles is 1. The topological polar surface area (TPSA) is 95.8 Å². The smallest absolute Gasteiger partial charge is 0.249 e. The van der Waals surface area contributed by atoms with Gasteiger partial charge in [-0.25, -0.2) is 0 Å². The van der Waals surface area contributed by atoms with Crippen molar-refractivity contribution in [2.45, 2.75) is 0 Å². The molecule has 0 unspecified atom stereocenters. The molecule has 2 rings (SSSR count). The Morgan fingerprint density at radius 2 is 2.30 bits per heavy atom. The maximum atomic E-state index is 8.85. The quantitative estimate of drug-likeness (QED) is 0.768. The zero-order valence-electron chi connectivity index (χ0n) is 11.0. The van der Waals surface area contributed by atoms with E-state index in [1.165, 1.54) is 6.20 Å². The molecule has 7 heteroatoms. The Hall–Kier alpha value is -2.72. The number of anilines is 3. The highest BCUT2D eigenvalue weighted by molar-refractivity contribution is 5.56. The van der Waals surface area contributed by atoms with Gasteiger partial charge < -0.3 is 15.4 Å². The van der Waals surface area contributed by atoms with Crippen LogP contribution in [0.4, 0.5) is 17.5 Å². The second-order valence-electron chi connectivity index (χ2n) is 3.90. The lowest BCUT2D eigenvalue weighted by Gasteiger charge is -2.07. The normalized spacial score (nSPS) is 9.80. The molecule has 2 N–H and O–H groups in total. The number of hydrogen-bond acceptors (Lipinski definition) is 7. The number of nitrogens with one attached hydrogen (secondary N) is 2. The molecule has 1 aromatic heterocycles. The summed E-state index contributed by atoms with van der Waals surface area (Å²) in [7, 11) is 1.63. The van der Waals surface area contributed by atoms with Crippen molar-refractivity contribution >= 4 is 17.5 Å². The Labute approximate surface area is 116 Å². The van der Waals surface area contributed by atoms with Gasteiger partial charge in [0.25, 0.3) is 0 Å². The molecule has 0 atom stereocenters. The van der Waals surface area contributed by atoms with Crippen molar-refractivity contribution < 1.29 is 4.74 Å². The molecule has 1 aromatic carbocycles. The van der Waals surface area contributed by atoms with Gasteiger partial charge in [0, 0.05) is 19.3 Å². The number of ether oxygens (including phenoxy) is 1. The van der Waals surface area contributed by atoms with Crippen LogP contribution in [0.1, 0.15) is 5.56 Å². The molecule has 0 fully saturated rings. The van der Waals surface area contributed by atoms with Gasteiger partial charge in [-0.05, 0) is 18.2 Å². The van der Waals surface area contributed by atoms with Crippen LogP contribution in [0.25, 0.3) is 0 Å². The summed E-state index contributed by atoms with van der Waals surface area (Å²) < 4.78 is 4.94. The van der Waals surface area contributed by atoms with E-state index in [1.54, 1.807) is 25.3 Å². The van der Waals surface area contributed by atoms with Crippen molar-refractivity contribution in [3.63, 3.8) is 0 Å². The van der Waals surface area contributed by atoms with Crippen molar-refractivity contribution in [1.29, 1.82) is 5.26 Å². The summed E-state index contributed by atoms with van der Waals surface area (Å²) >= 11 is 0. The minimum atomic E-state index is 0.363.